The monoisotopic (exact) mass is 316 g/mol. The highest BCUT2D eigenvalue weighted by Gasteiger charge is 2.12. The van der Waals surface area contributed by atoms with E-state index >= 15 is 0 Å². The first-order chi connectivity index (χ1) is 11.1. The molecule has 0 spiro atoms. The standard InChI is InChI=1S/C16H20N4O3/c1-11-7-15(17)20(19-11)10-16(21)18-9-12-3-4-13-14(8-12)23-6-2-5-22-13/h3-4,7-8H,2,5-6,9-10,17H2,1H3,(H,18,21). The number of carbonyl (C=O) groups excluding carboxylic acids is 1. The van der Waals surface area contributed by atoms with Crippen LogP contribution in [0.5, 0.6) is 11.5 Å². The number of nitrogen functional groups attached to an aromatic ring is 1. The smallest absolute Gasteiger partial charge is 0.242 e. The maximum atomic E-state index is 12.0. The minimum atomic E-state index is -0.146. The zero-order chi connectivity index (χ0) is 16.2. The summed E-state index contributed by atoms with van der Waals surface area (Å²) in [6, 6.07) is 7.42. The van der Waals surface area contributed by atoms with Crippen molar-refractivity contribution in [2.75, 3.05) is 18.9 Å². The number of carbonyl (C=O) groups is 1. The minimum Gasteiger partial charge on any atom is -0.490 e. The summed E-state index contributed by atoms with van der Waals surface area (Å²) in [6.45, 7) is 3.65. The van der Waals surface area contributed by atoms with Gasteiger partial charge in [-0.1, -0.05) is 6.07 Å². The van der Waals surface area contributed by atoms with Crippen LogP contribution in [0.1, 0.15) is 17.7 Å². The Bertz CT molecular complexity index is 711. The highest BCUT2D eigenvalue weighted by Crippen LogP contribution is 2.30. The third-order valence-electron chi connectivity index (χ3n) is 3.53. The van der Waals surface area contributed by atoms with E-state index in [4.69, 9.17) is 15.2 Å². The number of rotatable bonds is 4. The molecule has 1 aromatic carbocycles. The van der Waals surface area contributed by atoms with Crippen LogP contribution in [0, 0.1) is 6.92 Å². The zero-order valence-electron chi connectivity index (χ0n) is 13.0. The molecule has 0 aliphatic carbocycles. The average Bonchev–Trinajstić information content (AvgIpc) is 2.73. The number of nitrogens with two attached hydrogens (primary N) is 1. The summed E-state index contributed by atoms with van der Waals surface area (Å²) in [4.78, 5) is 12.0. The van der Waals surface area contributed by atoms with E-state index in [1.54, 1.807) is 6.07 Å². The second kappa shape index (κ2) is 6.60. The van der Waals surface area contributed by atoms with Crippen molar-refractivity contribution in [2.24, 2.45) is 0 Å². The topological polar surface area (TPSA) is 91.4 Å². The van der Waals surface area contributed by atoms with Gasteiger partial charge in [0.05, 0.1) is 18.9 Å². The van der Waals surface area contributed by atoms with Gasteiger partial charge in [0.1, 0.15) is 12.4 Å². The lowest BCUT2D eigenvalue weighted by Gasteiger charge is -2.10. The van der Waals surface area contributed by atoms with E-state index in [2.05, 4.69) is 10.4 Å². The normalized spacial score (nSPS) is 13.4. The SMILES string of the molecule is Cc1cc(N)n(CC(=O)NCc2ccc3c(c2)OCCCO3)n1. The fraction of sp³-hybridized carbons (Fsp3) is 0.375. The van der Waals surface area contributed by atoms with Crippen LogP contribution in [0.4, 0.5) is 5.82 Å². The molecule has 0 unspecified atom stereocenters. The van der Waals surface area contributed by atoms with Crippen LogP contribution < -0.4 is 20.5 Å². The van der Waals surface area contributed by atoms with Gasteiger partial charge in [-0.25, -0.2) is 4.68 Å². The summed E-state index contributed by atoms with van der Waals surface area (Å²) in [5, 5.41) is 7.02. The van der Waals surface area contributed by atoms with Gasteiger partial charge in [0.25, 0.3) is 0 Å². The Morgan fingerprint density at radius 3 is 2.83 bits per heavy atom. The lowest BCUT2D eigenvalue weighted by Crippen LogP contribution is -2.28. The summed E-state index contributed by atoms with van der Waals surface area (Å²) in [6.07, 6.45) is 0.867. The van der Waals surface area contributed by atoms with E-state index in [0.29, 0.717) is 25.6 Å². The van der Waals surface area contributed by atoms with Gasteiger partial charge in [-0.15, -0.1) is 0 Å². The highest BCUT2D eigenvalue weighted by atomic mass is 16.5. The van der Waals surface area contributed by atoms with E-state index < -0.39 is 0 Å². The van der Waals surface area contributed by atoms with Gasteiger partial charge in [-0.3, -0.25) is 4.79 Å². The number of anilines is 1. The first-order valence-corrected chi connectivity index (χ1v) is 7.57. The summed E-state index contributed by atoms with van der Waals surface area (Å²) in [7, 11) is 0. The van der Waals surface area contributed by atoms with Crippen molar-refractivity contribution in [1.82, 2.24) is 15.1 Å². The number of amides is 1. The number of aromatic nitrogens is 2. The molecule has 23 heavy (non-hydrogen) atoms. The van der Waals surface area contributed by atoms with Gasteiger partial charge in [0.2, 0.25) is 5.91 Å². The molecule has 0 saturated heterocycles. The van der Waals surface area contributed by atoms with E-state index in [-0.39, 0.29) is 12.5 Å². The Balaban J connectivity index is 1.58. The third-order valence-corrected chi connectivity index (χ3v) is 3.53. The summed E-state index contributed by atoms with van der Waals surface area (Å²) in [5.74, 6) is 1.80. The van der Waals surface area contributed by atoms with Crippen LogP contribution in [0.15, 0.2) is 24.3 Å². The second-order valence-electron chi connectivity index (χ2n) is 5.48. The lowest BCUT2D eigenvalue weighted by atomic mass is 10.2. The van der Waals surface area contributed by atoms with E-state index in [9.17, 15) is 4.79 Å². The number of benzene rings is 1. The van der Waals surface area contributed by atoms with Crippen molar-refractivity contribution in [3.05, 3.63) is 35.5 Å². The third kappa shape index (κ3) is 3.74. The molecule has 2 aromatic rings. The van der Waals surface area contributed by atoms with Gasteiger partial charge >= 0.3 is 0 Å². The van der Waals surface area contributed by atoms with E-state index in [1.807, 2.05) is 25.1 Å². The Hall–Kier alpha value is -2.70. The molecule has 1 aromatic heterocycles. The number of nitrogens with one attached hydrogen (secondary N) is 1. The highest BCUT2D eigenvalue weighted by molar-refractivity contribution is 5.76. The van der Waals surface area contributed by atoms with Gasteiger partial charge in [-0.2, -0.15) is 5.10 Å². The molecular weight excluding hydrogens is 296 g/mol. The van der Waals surface area contributed by atoms with Crippen molar-refractivity contribution in [3.63, 3.8) is 0 Å². The van der Waals surface area contributed by atoms with Crippen LogP contribution in [-0.4, -0.2) is 28.9 Å². The molecule has 0 atom stereocenters. The van der Waals surface area contributed by atoms with Crippen LogP contribution in [-0.2, 0) is 17.9 Å². The Labute approximate surface area is 134 Å². The summed E-state index contributed by atoms with van der Waals surface area (Å²) < 4.78 is 12.7. The maximum Gasteiger partial charge on any atom is 0.242 e. The molecule has 1 amide bonds. The van der Waals surface area contributed by atoms with E-state index in [1.165, 1.54) is 4.68 Å². The fourth-order valence-corrected chi connectivity index (χ4v) is 2.40. The van der Waals surface area contributed by atoms with Gasteiger partial charge in [0.15, 0.2) is 11.5 Å². The Morgan fingerprint density at radius 2 is 2.09 bits per heavy atom. The molecule has 3 N–H and O–H groups in total. The van der Waals surface area contributed by atoms with Crippen molar-refractivity contribution >= 4 is 11.7 Å². The molecule has 7 heteroatoms. The molecule has 0 bridgehead atoms. The number of hydrogen-bond donors (Lipinski definition) is 2. The molecule has 2 heterocycles. The summed E-state index contributed by atoms with van der Waals surface area (Å²) >= 11 is 0. The quantitative estimate of drug-likeness (QED) is 0.886. The number of hydrogen-bond acceptors (Lipinski definition) is 5. The molecule has 1 aliphatic heterocycles. The van der Waals surface area contributed by atoms with Crippen LogP contribution in [0.25, 0.3) is 0 Å². The van der Waals surface area contributed by atoms with Crippen LogP contribution in [0.2, 0.25) is 0 Å². The van der Waals surface area contributed by atoms with Crippen molar-refractivity contribution in [2.45, 2.75) is 26.4 Å². The fourth-order valence-electron chi connectivity index (χ4n) is 2.40. The molecule has 0 saturated carbocycles. The molecule has 7 nitrogen and oxygen atoms in total. The van der Waals surface area contributed by atoms with E-state index in [0.717, 1.165) is 29.2 Å². The molecular formula is C16H20N4O3. The molecule has 0 fully saturated rings. The first-order valence-electron chi connectivity index (χ1n) is 7.57. The molecule has 122 valence electrons. The van der Waals surface area contributed by atoms with Gasteiger partial charge in [0, 0.05) is 19.0 Å². The van der Waals surface area contributed by atoms with Crippen molar-refractivity contribution in [1.29, 1.82) is 0 Å². The number of nitrogens with zero attached hydrogens (tertiary/aromatic N) is 2. The first kappa shape index (κ1) is 15.2. The van der Waals surface area contributed by atoms with Crippen LogP contribution in [0.3, 0.4) is 0 Å². The number of fused-ring (bicyclic) bond motifs is 1. The molecule has 1 aliphatic rings. The zero-order valence-corrected chi connectivity index (χ0v) is 13.0. The van der Waals surface area contributed by atoms with Gasteiger partial charge < -0.3 is 20.5 Å². The molecule has 0 radical (unpaired) electrons. The maximum absolute atomic E-state index is 12.0. The number of ether oxygens (including phenoxy) is 2. The Morgan fingerprint density at radius 1 is 1.30 bits per heavy atom. The number of aryl methyl sites for hydroxylation is 1. The lowest BCUT2D eigenvalue weighted by molar-refractivity contribution is -0.122. The predicted octanol–water partition coefficient (Wildman–Crippen LogP) is 1.25. The van der Waals surface area contributed by atoms with Gasteiger partial charge in [-0.05, 0) is 24.6 Å². The second-order valence-corrected chi connectivity index (χ2v) is 5.48. The average molecular weight is 316 g/mol. The predicted molar refractivity (Wildman–Crippen MR) is 85.3 cm³/mol. The minimum absolute atomic E-state index is 0.101. The Kier molecular flexibility index (Phi) is 4.36. The van der Waals surface area contributed by atoms with Crippen molar-refractivity contribution < 1.29 is 14.3 Å². The molecule has 3 rings (SSSR count). The van der Waals surface area contributed by atoms with Crippen LogP contribution >= 0.6 is 0 Å². The largest absolute Gasteiger partial charge is 0.490 e. The summed E-state index contributed by atoms with van der Waals surface area (Å²) in [5.41, 5.74) is 7.52. The van der Waals surface area contributed by atoms with Crippen molar-refractivity contribution in [3.8, 4) is 11.5 Å².